The molecule has 0 saturated heterocycles. The fourth-order valence-corrected chi connectivity index (χ4v) is 1.48. The van der Waals surface area contributed by atoms with Crippen LogP contribution in [0.15, 0.2) is 0 Å². The largest absolute Gasteiger partial charge is 0.379 e. The van der Waals surface area contributed by atoms with Crippen molar-refractivity contribution in [2.45, 2.75) is 71.8 Å². The van der Waals surface area contributed by atoms with Crippen LogP contribution in [0.5, 0.6) is 0 Å². The Labute approximate surface area is 94.2 Å². The number of hydrogen-bond acceptors (Lipinski definition) is 3. The number of nitrogens with one attached hydrogen (secondary N) is 1. The van der Waals surface area contributed by atoms with E-state index in [4.69, 9.17) is 9.84 Å². The molecule has 3 nitrogen and oxygen atoms in total. The van der Waals surface area contributed by atoms with Gasteiger partial charge in [-0.25, -0.2) is 0 Å². The van der Waals surface area contributed by atoms with Gasteiger partial charge in [0.15, 0.2) is 0 Å². The third-order valence-electron chi connectivity index (χ3n) is 2.36. The van der Waals surface area contributed by atoms with Crippen molar-refractivity contribution >= 4 is 0 Å². The van der Waals surface area contributed by atoms with E-state index in [1.54, 1.807) is 6.92 Å². The number of aliphatic hydroxyl groups is 1. The summed E-state index contributed by atoms with van der Waals surface area (Å²) in [5.41, 5.74) is 0. The topological polar surface area (TPSA) is 41.5 Å². The van der Waals surface area contributed by atoms with Gasteiger partial charge in [0.2, 0.25) is 0 Å². The van der Waals surface area contributed by atoms with Gasteiger partial charge >= 0.3 is 0 Å². The predicted octanol–water partition coefficient (Wildman–Crippen LogP) is 2.64. The highest BCUT2D eigenvalue weighted by molar-refractivity contribution is 4.53. The van der Waals surface area contributed by atoms with Gasteiger partial charge in [0, 0.05) is 6.61 Å². The molecule has 15 heavy (non-hydrogen) atoms. The number of unbranched alkanes of at least 4 members (excludes halogenated alkanes) is 4. The molecule has 3 heteroatoms. The highest BCUT2D eigenvalue weighted by atomic mass is 16.5. The summed E-state index contributed by atoms with van der Waals surface area (Å²) in [5, 5.41) is 12.1. The smallest absolute Gasteiger partial charge is 0.109 e. The Morgan fingerprint density at radius 1 is 1.13 bits per heavy atom. The average molecular weight is 217 g/mol. The van der Waals surface area contributed by atoms with Crippen LogP contribution in [0.25, 0.3) is 0 Å². The molecule has 0 spiro atoms. The summed E-state index contributed by atoms with van der Waals surface area (Å²) in [7, 11) is 0. The van der Waals surface area contributed by atoms with Crippen LogP contribution in [-0.4, -0.2) is 24.2 Å². The molecular formula is C12H27NO2. The molecule has 0 aliphatic carbocycles. The minimum atomic E-state index is -0.491. The van der Waals surface area contributed by atoms with Crippen molar-refractivity contribution in [1.82, 2.24) is 5.32 Å². The van der Waals surface area contributed by atoms with Gasteiger partial charge in [-0.3, -0.25) is 5.32 Å². The Morgan fingerprint density at radius 2 is 1.80 bits per heavy atom. The van der Waals surface area contributed by atoms with Gasteiger partial charge in [-0.1, -0.05) is 39.5 Å². The van der Waals surface area contributed by atoms with E-state index < -0.39 is 6.23 Å². The molecule has 0 amide bonds. The maximum Gasteiger partial charge on any atom is 0.109 e. The van der Waals surface area contributed by atoms with Crippen molar-refractivity contribution in [2.75, 3.05) is 6.61 Å². The van der Waals surface area contributed by atoms with Crippen LogP contribution in [-0.2, 0) is 4.74 Å². The summed E-state index contributed by atoms with van der Waals surface area (Å²) in [6, 6.07) is 0. The number of rotatable bonds is 10. The van der Waals surface area contributed by atoms with E-state index in [-0.39, 0.29) is 6.23 Å². The lowest BCUT2D eigenvalue weighted by molar-refractivity contribution is -0.0131. The molecule has 0 heterocycles. The lowest BCUT2D eigenvalue weighted by atomic mass is 10.2. The monoisotopic (exact) mass is 217 g/mol. The summed E-state index contributed by atoms with van der Waals surface area (Å²) in [4.78, 5) is 0. The summed E-state index contributed by atoms with van der Waals surface area (Å²) < 4.78 is 5.61. The molecule has 0 aliphatic rings. The second kappa shape index (κ2) is 10.4. The first-order chi connectivity index (χ1) is 7.20. The highest BCUT2D eigenvalue weighted by Gasteiger charge is 2.07. The van der Waals surface area contributed by atoms with Crippen molar-refractivity contribution in [2.24, 2.45) is 0 Å². The molecule has 0 radical (unpaired) electrons. The Balaban J connectivity index is 3.30. The first-order valence-electron chi connectivity index (χ1n) is 6.26. The maximum atomic E-state index is 9.14. The van der Waals surface area contributed by atoms with Gasteiger partial charge in [-0.2, -0.15) is 0 Å². The van der Waals surface area contributed by atoms with Crippen molar-refractivity contribution in [3.05, 3.63) is 0 Å². The second-order valence-corrected chi connectivity index (χ2v) is 4.02. The Kier molecular flexibility index (Phi) is 10.3. The molecular weight excluding hydrogens is 190 g/mol. The molecule has 0 bridgehead atoms. The van der Waals surface area contributed by atoms with Crippen LogP contribution in [0.4, 0.5) is 0 Å². The number of hydrogen-bond donors (Lipinski definition) is 2. The van der Waals surface area contributed by atoms with Crippen molar-refractivity contribution in [3.63, 3.8) is 0 Å². The van der Waals surface area contributed by atoms with E-state index in [9.17, 15) is 0 Å². The molecule has 0 fully saturated rings. The lowest BCUT2D eigenvalue weighted by Gasteiger charge is -2.19. The quantitative estimate of drug-likeness (QED) is 0.436. The molecule has 0 aromatic rings. The number of ether oxygens (including phenoxy) is 1. The summed E-state index contributed by atoms with van der Waals surface area (Å²) in [5.74, 6) is 0. The summed E-state index contributed by atoms with van der Waals surface area (Å²) in [6.45, 7) is 6.78. The zero-order chi connectivity index (χ0) is 11.5. The Morgan fingerprint density at radius 3 is 2.33 bits per heavy atom. The third-order valence-corrected chi connectivity index (χ3v) is 2.36. The van der Waals surface area contributed by atoms with Crippen LogP contribution in [0.1, 0.15) is 59.3 Å². The predicted molar refractivity (Wildman–Crippen MR) is 63.6 cm³/mol. The zero-order valence-electron chi connectivity index (χ0n) is 10.5. The third kappa shape index (κ3) is 10.2. The van der Waals surface area contributed by atoms with E-state index >= 15 is 0 Å². The van der Waals surface area contributed by atoms with E-state index in [2.05, 4.69) is 19.2 Å². The van der Waals surface area contributed by atoms with Crippen molar-refractivity contribution < 1.29 is 9.84 Å². The van der Waals surface area contributed by atoms with E-state index in [0.717, 1.165) is 19.4 Å². The molecule has 0 saturated carbocycles. The fraction of sp³-hybridized carbons (Fsp3) is 1.00. The SMILES string of the molecule is CCCCCCCOC(CC)NC(C)O. The van der Waals surface area contributed by atoms with E-state index in [1.807, 2.05) is 0 Å². The van der Waals surface area contributed by atoms with E-state index in [0.29, 0.717) is 0 Å². The van der Waals surface area contributed by atoms with Crippen LogP contribution in [0.3, 0.4) is 0 Å². The molecule has 2 unspecified atom stereocenters. The first kappa shape index (κ1) is 14.9. The van der Waals surface area contributed by atoms with Gasteiger partial charge in [-0.15, -0.1) is 0 Å². The molecule has 2 atom stereocenters. The standard InChI is InChI=1S/C12H27NO2/c1-4-6-7-8-9-10-15-12(5-2)13-11(3)14/h11-14H,4-10H2,1-3H3. The average Bonchev–Trinajstić information content (AvgIpc) is 2.20. The second-order valence-electron chi connectivity index (χ2n) is 4.02. The molecule has 0 aliphatic heterocycles. The van der Waals surface area contributed by atoms with E-state index in [1.165, 1.54) is 25.7 Å². The maximum absolute atomic E-state index is 9.14. The lowest BCUT2D eigenvalue weighted by Crippen LogP contribution is -2.38. The van der Waals surface area contributed by atoms with Crippen LogP contribution in [0.2, 0.25) is 0 Å². The summed E-state index contributed by atoms with van der Waals surface area (Å²) in [6.07, 6.45) is 6.67. The van der Waals surface area contributed by atoms with Crippen LogP contribution in [0, 0.1) is 0 Å². The fourth-order valence-electron chi connectivity index (χ4n) is 1.48. The molecule has 92 valence electrons. The van der Waals surface area contributed by atoms with Crippen molar-refractivity contribution in [1.29, 1.82) is 0 Å². The first-order valence-corrected chi connectivity index (χ1v) is 6.26. The molecule has 0 aromatic heterocycles. The minimum absolute atomic E-state index is 0.00354. The van der Waals surface area contributed by atoms with Gasteiger partial charge in [0.05, 0.1) is 0 Å². The van der Waals surface area contributed by atoms with Gasteiger partial charge in [0.25, 0.3) is 0 Å². The van der Waals surface area contributed by atoms with Gasteiger partial charge in [0.1, 0.15) is 12.5 Å². The highest BCUT2D eigenvalue weighted by Crippen LogP contribution is 2.04. The normalized spacial score (nSPS) is 15.2. The zero-order valence-corrected chi connectivity index (χ0v) is 10.5. The molecule has 0 rings (SSSR count). The molecule has 0 aromatic carbocycles. The van der Waals surface area contributed by atoms with Crippen LogP contribution >= 0.6 is 0 Å². The van der Waals surface area contributed by atoms with Crippen molar-refractivity contribution in [3.8, 4) is 0 Å². The molecule has 2 N–H and O–H groups in total. The minimum Gasteiger partial charge on any atom is -0.379 e. The number of aliphatic hydroxyl groups excluding tert-OH is 1. The summed E-state index contributed by atoms with van der Waals surface area (Å²) >= 11 is 0. The van der Waals surface area contributed by atoms with Gasteiger partial charge < -0.3 is 9.84 Å². The van der Waals surface area contributed by atoms with Gasteiger partial charge in [-0.05, 0) is 19.8 Å². The Hall–Kier alpha value is -0.120. The van der Waals surface area contributed by atoms with Crippen LogP contribution < -0.4 is 5.32 Å². The Bertz CT molecular complexity index is 129.